The fourth-order valence-electron chi connectivity index (χ4n) is 0.0373. The van der Waals surface area contributed by atoms with E-state index in [2.05, 4.69) is 0 Å². The summed E-state index contributed by atoms with van der Waals surface area (Å²) in [5.74, 6) is 0. The van der Waals surface area contributed by atoms with E-state index in [0.717, 1.165) is 18.1 Å². The van der Waals surface area contributed by atoms with E-state index in [9.17, 15) is 0 Å². The molecule has 0 bridgehead atoms. The zero-order valence-electron chi connectivity index (χ0n) is 2.02. The molecule has 0 aromatic carbocycles. The van der Waals surface area contributed by atoms with Gasteiger partial charge in [-0.3, -0.25) is 0 Å². The lowest BCUT2D eigenvalue weighted by Crippen LogP contribution is -1.74. The second kappa shape index (κ2) is 0.668. The van der Waals surface area contributed by atoms with Crippen LogP contribution >= 0.6 is 0 Å². The fourth-order valence-corrected chi connectivity index (χ4v) is 0.335. The fraction of sp³-hybridized carbons (Fsp3) is 1.00. The summed E-state index contributed by atoms with van der Waals surface area (Å²) in [5, 5.41) is 8.33. The van der Waals surface area contributed by atoms with Crippen LogP contribution in [0.4, 0.5) is 0 Å². The molecular weight excluding hydrogens is 84.2 g/mol. The zero-order chi connectivity index (χ0) is 2.99. The zero-order valence-corrected chi connectivity index (χ0v) is 4.02. The van der Waals surface area contributed by atoms with Gasteiger partial charge in [0.1, 0.15) is 0 Å². The Morgan fingerprint density at radius 1 is 1.50 bits per heavy atom. The molecule has 1 N–H and O–H groups in total. The van der Waals surface area contributed by atoms with E-state index in [1.165, 1.54) is 0 Å². The molecule has 1 saturated heterocycles. The number of aliphatic hydroxyl groups is 1. The third-order valence-electron chi connectivity index (χ3n) is 0.273. The molecule has 0 aromatic heterocycles. The molecule has 1 aliphatic rings. The first-order chi connectivity index (χ1) is 1.89. The standard InChI is InChI=1S/CH2OSi2/c2-1-3-4-1/h1-2H. The normalized spacial score (nSPS) is 26.2. The van der Waals surface area contributed by atoms with E-state index in [1.54, 1.807) is 0 Å². The number of hydrogen-bond donors (Lipinski definition) is 1. The summed E-state index contributed by atoms with van der Waals surface area (Å²) in [6, 6.07) is 0. The second-order valence-corrected chi connectivity index (χ2v) is 4.67. The van der Waals surface area contributed by atoms with Crippen LogP contribution in [-0.2, 0) is 0 Å². The Hall–Kier alpha value is 0.394. The van der Waals surface area contributed by atoms with Gasteiger partial charge in [-0.05, 0) is 0 Å². The SMILES string of the molecule is OC1[Si][Si]1. The van der Waals surface area contributed by atoms with Crippen LogP contribution < -0.4 is 0 Å². The third kappa shape index (κ3) is 0.404. The molecule has 1 aliphatic heterocycles. The summed E-state index contributed by atoms with van der Waals surface area (Å²) in [6.45, 7) is 0. The van der Waals surface area contributed by atoms with Crippen LogP contribution in [0.25, 0.3) is 0 Å². The van der Waals surface area contributed by atoms with Crippen LogP contribution in [0.2, 0.25) is 0 Å². The molecule has 0 amide bonds. The minimum absolute atomic E-state index is 0.139. The van der Waals surface area contributed by atoms with Crippen molar-refractivity contribution < 1.29 is 5.11 Å². The Labute approximate surface area is 29.5 Å². The molecule has 4 heavy (non-hydrogen) atoms. The largest absolute Gasteiger partial charge is 0.401 e. The topological polar surface area (TPSA) is 20.2 Å². The molecule has 1 fully saturated rings. The highest BCUT2D eigenvalue weighted by atomic mass is 29.2. The van der Waals surface area contributed by atoms with Crippen molar-refractivity contribution in [2.24, 2.45) is 0 Å². The second-order valence-electron chi connectivity index (χ2n) is 0.691. The Morgan fingerprint density at radius 3 is 1.75 bits per heavy atom. The maximum atomic E-state index is 8.19. The van der Waals surface area contributed by atoms with E-state index in [-0.39, 0.29) is 5.35 Å². The minimum Gasteiger partial charge on any atom is -0.401 e. The monoisotopic (exact) mass is 86.0 g/mol. The molecule has 0 spiro atoms. The average Bonchev–Trinajstić information content (AvgIpc) is 1.75. The van der Waals surface area contributed by atoms with Gasteiger partial charge in [0.25, 0.3) is 0 Å². The van der Waals surface area contributed by atoms with Crippen LogP contribution in [0.1, 0.15) is 0 Å². The van der Waals surface area contributed by atoms with Gasteiger partial charge >= 0.3 is 0 Å². The molecule has 0 atom stereocenters. The quantitative estimate of drug-likeness (QED) is 0.359. The number of hydrogen-bond acceptors (Lipinski definition) is 1. The van der Waals surface area contributed by atoms with Gasteiger partial charge in [-0.2, -0.15) is 0 Å². The molecule has 0 unspecified atom stereocenters. The van der Waals surface area contributed by atoms with Crippen LogP contribution in [0.5, 0.6) is 0 Å². The lowest BCUT2D eigenvalue weighted by Gasteiger charge is -1.58. The summed E-state index contributed by atoms with van der Waals surface area (Å²) < 4.78 is 0. The van der Waals surface area contributed by atoms with Gasteiger partial charge in [0.05, 0.1) is 18.1 Å². The van der Waals surface area contributed by atoms with Crippen LogP contribution in [0.3, 0.4) is 0 Å². The summed E-state index contributed by atoms with van der Waals surface area (Å²) in [6.07, 6.45) is 0. The van der Waals surface area contributed by atoms with E-state index < -0.39 is 0 Å². The first-order valence-corrected chi connectivity index (χ1v) is 4.24. The minimum atomic E-state index is 0.139. The third-order valence-corrected chi connectivity index (χ3v) is 2.46. The van der Waals surface area contributed by atoms with Crippen molar-refractivity contribution in [1.82, 2.24) is 0 Å². The van der Waals surface area contributed by atoms with Gasteiger partial charge in [-0.15, -0.1) is 0 Å². The first-order valence-electron chi connectivity index (χ1n) is 1.09. The highest BCUT2D eigenvalue weighted by Gasteiger charge is 2.19. The lowest BCUT2D eigenvalue weighted by molar-refractivity contribution is 0.343. The summed E-state index contributed by atoms with van der Waals surface area (Å²) in [4.78, 5) is 0. The number of rotatable bonds is 0. The molecule has 1 heterocycles. The van der Waals surface area contributed by atoms with Crippen molar-refractivity contribution in [1.29, 1.82) is 0 Å². The van der Waals surface area contributed by atoms with Crippen LogP contribution in [-0.4, -0.2) is 28.5 Å². The Morgan fingerprint density at radius 2 is 1.75 bits per heavy atom. The molecule has 0 aliphatic carbocycles. The average molecular weight is 86.2 g/mol. The van der Waals surface area contributed by atoms with E-state index in [4.69, 9.17) is 5.11 Å². The van der Waals surface area contributed by atoms with Gasteiger partial charge < -0.3 is 5.11 Å². The van der Waals surface area contributed by atoms with Gasteiger partial charge in [0.15, 0.2) is 0 Å². The van der Waals surface area contributed by atoms with E-state index in [1.807, 2.05) is 0 Å². The van der Waals surface area contributed by atoms with Gasteiger partial charge in [-0.1, -0.05) is 0 Å². The maximum absolute atomic E-state index is 8.19. The van der Waals surface area contributed by atoms with Crippen molar-refractivity contribution in [3.63, 3.8) is 0 Å². The van der Waals surface area contributed by atoms with E-state index >= 15 is 0 Å². The van der Waals surface area contributed by atoms with Gasteiger partial charge in [0.2, 0.25) is 0 Å². The van der Waals surface area contributed by atoms with Crippen molar-refractivity contribution in [2.45, 2.75) is 5.35 Å². The predicted molar refractivity (Wildman–Crippen MR) is 17.5 cm³/mol. The molecule has 4 radical (unpaired) electrons. The lowest BCUT2D eigenvalue weighted by atomic mass is 11.7. The molecular formula is CH2OSi2. The first kappa shape index (κ1) is 2.62. The Bertz CT molecular complexity index is 25.2. The van der Waals surface area contributed by atoms with Crippen molar-refractivity contribution in [3.05, 3.63) is 0 Å². The molecule has 20 valence electrons. The van der Waals surface area contributed by atoms with Crippen LogP contribution in [0.15, 0.2) is 0 Å². The van der Waals surface area contributed by atoms with Crippen molar-refractivity contribution >= 4 is 18.1 Å². The maximum Gasteiger partial charge on any atom is 0.0592 e. The smallest absolute Gasteiger partial charge is 0.0592 e. The van der Waals surface area contributed by atoms with Crippen LogP contribution in [0, 0.1) is 0 Å². The summed E-state index contributed by atoms with van der Waals surface area (Å²) in [7, 11) is 1.78. The Balaban J connectivity index is 2.17. The van der Waals surface area contributed by atoms with Gasteiger partial charge in [-0.25, -0.2) is 0 Å². The molecule has 1 nitrogen and oxygen atoms in total. The Kier molecular flexibility index (Phi) is 0.438. The molecule has 0 saturated carbocycles. The van der Waals surface area contributed by atoms with E-state index in [0.29, 0.717) is 0 Å². The highest BCUT2D eigenvalue weighted by molar-refractivity contribution is 7.22. The summed E-state index contributed by atoms with van der Waals surface area (Å²) in [5.41, 5.74) is 0. The van der Waals surface area contributed by atoms with Gasteiger partial charge in [0, 0.05) is 5.35 Å². The molecule has 0 aromatic rings. The molecule has 1 rings (SSSR count). The highest BCUT2D eigenvalue weighted by Crippen LogP contribution is 1.87. The molecule has 3 heteroatoms. The summed E-state index contributed by atoms with van der Waals surface area (Å²) >= 11 is 0. The number of aliphatic hydroxyl groups excluding tert-OH is 1. The predicted octanol–water partition coefficient (Wildman–Crippen LogP) is -1.40. The van der Waals surface area contributed by atoms with Crippen molar-refractivity contribution in [3.8, 4) is 0 Å². The van der Waals surface area contributed by atoms with Crippen molar-refractivity contribution in [2.75, 3.05) is 0 Å².